The summed E-state index contributed by atoms with van der Waals surface area (Å²) < 4.78 is 10.7. The van der Waals surface area contributed by atoms with E-state index in [0.29, 0.717) is 12.8 Å². The molecule has 0 aliphatic carbocycles. The van der Waals surface area contributed by atoms with Gasteiger partial charge in [0, 0.05) is 12.8 Å². The van der Waals surface area contributed by atoms with Gasteiger partial charge in [0.2, 0.25) is 0 Å². The van der Waals surface area contributed by atoms with Crippen LogP contribution in [-0.4, -0.2) is 36.4 Å². The normalized spacial score (nSPS) is 12.7. The van der Waals surface area contributed by atoms with Gasteiger partial charge in [0.05, 0.1) is 6.61 Å². The number of unbranched alkanes of at least 4 members (excludes halogenated alkanes) is 35. The molecule has 0 aromatic carbocycles. The fourth-order valence-electron chi connectivity index (χ4n) is 8.74. The highest BCUT2D eigenvalue weighted by Gasteiger charge is 2.16. The molecule has 5 heteroatoms. The topological polar surface area (TPSA) is 72.8 Å². The Bertz CT molecular complexity index is 1230. The number of rotatable bonds is 55. The molecule has 1 unspecified atom stereocenters. The van der Waals surface area contributed by atoms with Crippen LogP contribution in [-0.2, 0) is 19.1 Å². The average Bonchev–Trinajstić information content (AvgIpc) is 3.35. The lowest BCUT2D eigenvalue weighted by Crippen LogP contribution is -2.28. The quantitative estimate of drug-likeness (QED) is 0.0374. The largest absolute Gasteiger partial charge is 0.462 e. The van der Waals surface area contributed by atoms with E-state index in [4.69, 9.17) is 9.47 Å². The molecule has 0 saturated carbocycles. The first kappa shape index (κ1) is 66.3. The SMILES string of the molecule is CC/C=C\C/C=C\C/C=C\C/C=C\CCCCCCCCCCCCCCCCCCCCCCCCCCCCCCC(=O)OC(CO)COC(=O)CCCCCCC/C=C\C/C=C\CCCC. The van der Waals surface area contributed by atoms with Crippen molar-refractivity contribution in [3.05, 3.63) is 72.9 Å². The zero-order valence-corrected chi connectivity index (χ0v) is 45.8. The summed E-state index contributed by atoms with van der Waals surface area (Å²) in [5.41, 5.74) is 0. The molecule has 0 amide bonds. The summed E-state index contributed by atoms with van der Waals surface area (Å²) in [7, 11) is 0. The lowest BCUT2D eigenvalue weighted by atomic mass is 10.0. The summed E-state index contributed by atoms with van der Waals surface area (Å²) in [6.45, 7) is 4.00. The zero-order valence-electron chi connectivity index (χ0n) is 45.8. The van der Waals surface area contributed by atoms with Crippen molar-refractivity contribution < 1.29 is 24.2 Å². The van der Waals surface area contributed by atoms with Crippen molar-refractivity contribution in [2.24, 2.45) is 0 Å². The average molecular weight is 964 g/mol. The van der Waals surface area contributed by atoms with Crippen molar-refractivity contribution in [3.63, 3.8) is 0 Å². The summed E-state index contributed by atoms with van der Waals surface area (Å²) in [6, 6.07) is 0. The molecule has 0 saturated heterocycles. The first-order chi connectivity index (χ1) is 34.1. The van der Waals surface area contributed by atoms with Gasteiger partial charge in [-0.25, -0.2) is 0 Å². The molecular formula is C64H114O5. The standard InChI is InChI=1S/C64H114O5/c1-3-5-7-9-11-13-15-17-19-20-21-22-23-24-25-26-27-28-29-30-31-32-33-34-35-36-37-38-39-40-41-42-43-44-45-47-49-51-53-55-57-59-64(67)69-62(60-65)61-68-63(66)58-56-54-52-50-48-46-18-16-14-12-10-8-6-4-2/h5,7,10-13,16-19,21-22,62,65H,3-4,6,8-9,14-15,20,23-61H2,1-2H3/b7-5-,12-10-,13-11-,18-16-,19-17-,22-21-. The Labute approximate surface area is 429 Å². The van der Waals surface area contributed by atoms with Crippen LogP contribution in [0.3, 0.4) is 0 Å². The highest BCUT2D eigenvalue weighted by Crippen LogP contribution is 2.17. The molecule has 400 valence electrons. The first-order valence-electron chi connectivity index (χ1n) is 30.0. The lowest BCUT2D eigenvalue weighted by Gasteiger charge is -2.15. The molecular weight excluding hydrogens is 849 g/mol. The van der Waals surface area contributed by atoms with Crippen LogP contribution in [0.25, 0.3) is 0 Å². The molecule has 69 heavy (non-hydrogen) atoms. The fourth-order valence-corrected chi connectivity index (χ4v) is 8.74. The Morgan fingerprint density at radius 3 is 0.942 bits per heavy atom. The molecule has 0 aromatic heterocycles. The van der Waals surface area contributed by atoms with Crippen molar-refractivity contribution >= 4 is 11.9 Å². The van der Waals surface area contributed by atoms with E-state index in [1.165, 1.54) is 199 Å². The van der Waals surface area contributed by atoms with E-state index in [0.717, 1.165) is 77.0 Å². The third-order valence-electron chi connectivity index (χ3n) is 13.2. The predicted octanol–water partition coefficient (Wildman–Crippen LogP) is 20.4. The Morgan fingerprint density at radius 1 is 0.348 bits per heavy atom. The molecule has 0 aromatic rings. The van der Waals surface area contributed by atoms with E-state index < -0.39 is 6.10 Å². The Hall–Kier alpha value is -2.66. The second-order valence-corrected chi connectivity index (χ2v) is 20.0. The lowest BCUT2D eigenvalue weighted by molar-refractivity contribution is -0.161. The molecule has 0 spiro atoms. The van der Waals surface area contributed by atoms with Crippen LogP contribution in [0.15, 0.2) is 72.9 Å². The van der Waals surface area contributed by atoms with Crippen molar-refractivity contribution in [2.45, 2.75) is 309 Å². The van der Waals surface area contributed by atoms with Crippen LogP contribution in [0.4, 0.5) is 0 Å². The van der Waals surface area contributed by atoms with Gasteiger partial charge in [-0.3, -0.25) is 9.59 Å². The van der Waals surface area contributed by atoms with Crippen LogP contribution in [0.1, 0.15) is 303 Å². The van der Waals surface area contributed by atoms with Gasteiger partial charge in [0.25, 0.3) is 0 Å². The maximum Gasteiger partial charge on any atom is 0.306 e. The number of carbonyl (C=O) groups is 2. The van der Waals surface area contributed by atoms with Gasteiger partial charge in [-0.15, -0.1) is 0 Å². The van der Waals surface area contributed by atoms with Gasteiger partial charge in [0.1, 0.15) is 6.61 Å². The molecule has 0 fully saturated rings. The maximum atomic E-state index is 12.3. The number of hydrogen-bond donors (Lipinski definition) is 1. The molecule has 0 rings (SSSR count). The molecule has 0 heterocycles. The number of allylic oxidation sites excluding steroid dienone is 12. The van der Waals surface area contributed by atoms with Crippen LogP contribution in [0, 0.1) is 0 Å². The van der Waals surface area contributed by atoms with Crippen molar-refractivity contribution in [1.29, 1.82) is 0 Å². The van der Waals surface area contributed by atoms with Crippen molar-refractivity contribution in [3.8, 4) is 0 Å². The second kappa shape index (κ2) is 59.6. The van der Waals surface area contributed by atoms with Gasteiger partial charge < -0.3 is 14.6 Å². The van der Waals surface area contributed by atoms with E-state index in [1.807, 2.05) is 0 Å². The maximum absolute atomic E-state index is 12.3. The Kier molecular flexibility index (Phi) is 57.3. The van der Waals surface area contributed by atoms with Gasteiger partial charge >= 0.3 is 11.9 Å². The number of aliphatic hydroxyl groups excluding tert-OH is 1. The van der Waals surface area contributed by atoms with Crippen LogP contribution < -0.4 is 0 Å². The van der Waals surface area contributed by atoms with Crippen molar-refractivity contribution in [1.82, 2.24) is 0 Å². The minimum atomic E-state index is -0.777. The minimum Gasteiger partial charge on any atom is -0.462 e. The van der Waals surface area contributed by atoms with E-state index >= 15 is 0 Å². The first-order valence-corrected chi connectivity index (χ1v) is 30.0. The molecule has 1 N–H and O–H groups in total. The van der Waals surface area contributed by atoms with Gasteiger partial charge in [-0.1, -0.05) is 286 Å². The molecule has 0 bridgehead atoms. The second-order valence-electron chi connectivity index (χ2n) is 20.0. The smallest absolute Gasteiger partial charge is 0.306 e. The molecule has 1 atom stereocenters. The number of esters is 2. The number of aliphatic hydroxyl groups is 1. The summed E-state index contributed by atoms with van der Waals surface area (Å²) in [5, 5.41) is 9.63. The third-order valence-corrected chi connectivity index (χ3v) is 13.2. The highest BCUT2D eigenvalue weighted by molar-refractivity contribution is 5.70. The van der Waals surface area contributed by atoms with E-state index in [1.54, 1.807) is 0 Å². The number of ether oxygens (including phenoxy) is 2. The molecule has 0 aliphatic rings. The fraction of sp³-hybridized carbons (Fsp3) is 0.781. The molecule has 0 radical (unpaired) electrons. The Morgan fingerprint density at radius 2 is 0.623 bits per heavy atom. The van der Waals surface area contributed by atoms with Crippen LogP contribution in [0.5, 0.6) is 0 Å². The molecule has 5 nitrogen and oxygen atoms in total. The zero-order chi connectivity index (χ0) is 49.9. The summed E-state index contributed by atoms with van der Waals surface area (Å²) in [6.07, 6.45) is 82.0. The predicted molar refractivity (Wildman–Crippen MR) is 302 cm³/mol. The number of hydrogen-bond acceptors (Lipinski definition) is 5. The summed E-state index contributed by atoms with van der Waals surface area (Å²) >= 11 is 0. The van der Waals surface area contributed by atoms with E-state index in [9.17, 15) is 14.7 Å². The monoisotopic (exact) mass is 963 g/mol. The Balaban J connectivity index is 3.37. The van der Waals surface area contributed by atoms with Gasteiger partial charge in [0.15, 0.2) is 6.10 Å². The van der Waals surface area contributed by atoms with E-state index in [-0.39, 0.29) is 25.2 Å². The minimum absolute atomic E-state index is 0.0710. The number of carbonyl (C=O) groups excluding carboxylic acids is 2. The molecule has 0 aliphatic heterocycles. The van der Waals surface area contributed by atoms with Crippen LogP contribution in [0.2, 0.25) is 0 Å². The van der Waals surface area contributed by atoms with E-state index in [2.05, 4.69) is 86.8 Å². The van der Waals surface area contributed by atoms with Gasteiger partial charge in [-0.05, 0) is 77.0 Å². The van der Waals surface area contributed by atoms with Crippen LogP contribution >= 0.6 is 0 Å². The summed E-state index contributed by atoms with van der Waals surface area (Å²) in [4.78, 5) is 24.4. The third kappa shape index (κ3) is 57.8. The van der Waals surface area contributed by atoms with Gasteiger partial charge in [-0.2, -0.15) is 0 Å². The highest BCUT2D eigenvalue weighted by atomic mass is 16.6. The summed E-state index contributed by atoms with van der Waals surface area (Å²) in [5.74, 6) is -0.596. The van der Waals surface area contributed by atoms with Crippen molar-refractivity contribution in [2.75, 3.05) is 13.2 Å².